The van der Waals surface area contributed by atoms with E-state index in [1.54, 1.807) is 0 Å². The number of thioether (sulfide) groups is 1. The number of carbonyl (C=O) groups is 1. The minimum atomic E-state index is -0.836. The number of aromatic nitrogens is 3. The fraction of sp³-hybridized carbons (Fsp3) is 0.727. The highest BCUT2D eigenvalue weighted by Crippen LogP contribution is 2.31. The van der Waals surface area contributed by atoms with Crippen LogP contribution in [0.3, 0.4) is 0 Å². The first-order chi connectivity index (χ1) is 8.63. The molecule has 7 heteroatoms. The third-order valence-electron chi connectivity index (χ3n) is 2.85. The van der Waals surface area contributed by atoms with Crippen LogP contribution in [0.25, 0.3) is 0 Å². The highest BCUT2D eigenvalue weighted by atomic mass is 32.2. The lowest BCUT2D eigenvalue weighted by molar-refractivity contribution is -0.133. The molecule has 1 aliphatic rings. The van der Waals surface area contributed by atoms with Crippen molar-refractivity contribution < 1.29 is 9.90 Å². The van der Waals surface area contributed by atoms with E-state index in [9.17, 15) is 4.79 Å². The van der Waals surface area contributed by atoms with Crippen LogP contribution in [0, 0.1) is 0 Å². The van der Waals surface area contributed by atoms with Gasteiger partial charge in [0.1, 0.15) is 0 Å². The largest absolute Gasteiger partial charge is 0.481 e. The molecule has 0 aliphatic heterocycles. The Labute approximate surface area is 110 Å². The van der Waals surface area contributed by atoms with Gasteiger partial charge in [-0.05, 0) is 19.3 Å². The van der Waals surface area contributed by atoms with E-state index in [-0.39, 0.29) is 5.75 Å². The second kappa shape index (κ2) is 5.60. The first kappa shape index (κ1) is 13.2. The zero-order valence-electron chi connectivity index (χ0n) is 10.7. The smallest absolute Gasteiger partial charge is 0.313 e. The molecule has 0 amide bonds. The molecule has 0 radical (unpaired) electrons. The van der Waals surface area contributed by atoms with Crippen molar-refractivity contribution in [3.63, 3.8) is 0 Å². The fourth-order valence-electron chi connectivity index (χ4n) is 1.88. The number of carboxylic acid groups (broad SMARTS) is 1. The topological polar surface area (TPSA) is 71.2 Å². The summed E-state index contributed by atoms with van der Waals surface area (Å²) in [5.41, 5.74) is 0. The number of anilines is 1. The first-order valence-corrected chi connectivity index (χ1v) is 7.12. The summed E-state index contributed by atoms with van der Waals surface area (Å²) < 4.78 is 1.89. The first-order valence-electron chi connectivity index (χ1n) is 6.14. The van der Waals surface area contributed by atoms with Crippen molar-refractivity contribution in [1.29, 1.82) is 0 Å². The van der Waals surface area contributed by atoms with Crippen molar-refractivity contribution in [2.75, 3.05) is 17.2 Å². The average Bonchev–Trinajstić information content (AvgIpc) is 3.09. The molecule has 2 rings (SSSR count). The molecule has 1 aliphatic carbocycles. The molecule has 0 aromatic carbocycles. The molecule has 0 unspecified atom stereocenters. The number of rotatable bonds is 7. The highest BCUT2D eigenvalue weighted by Gasteiger charge is 2.31. The summed E-state index contributed by atoms with van der Waals surface area (Å²) in [5.74, 6) is 0.0350. The molecule has 0 saturated heterocycles. The summed E-state index contributed by atoms with van der Waals surface area (Å²) in [6, 6.07) is 0.588. The predicted octanol–water partition coefficient (Wildman–Crippen LogP) is 1.37. The Morgan fingerprint density at radius 1 is 1.56 bits per heavy atom. The summed E-state index contributed by atoms with van der Waals surface area (Å²) in [6.07, 6.45) is 3.50. The molecule has 1 aromatic heterocycles. The van der Waals surface area contributed by atoms with Crippen LogP contribution in [-0.4, -0.2) is 44.2 Å². The van der Waals surface area contributed by atoms with Crippen LogP contribution in [0.15, 0.2) is 5.16 Å². The van der Waals surface area contributed by atoms with Gasteiger partial charge in [-0.3, -0.25) is 9.36 Å². The molecule has 1 saturated carbocycles. The van der Waals surface area contributed by atoms with Crippen LogP contribution in [0.2, 0.25) is 0 Å². The van der Waals surface area contributed by atoms with Crippen LogP contribution in [0.5, 0.6) is 0 Å². The lowest BCUT2D eigenvalue weighted by Gasteiger charge is -2.22. The van der Waals surface area contributed by atoms with Crippen molar-refractivity contribution in [2.24, 2.45) is 7.05 Å². The van der Waals surface area contributed by atoms with Crippen molar-refractivity contribution in [1.82, 2.24) is 14.8 Å². The highest BCUT2D eigenvalue weighted by molar-refractivity contribution is 7.99. The van der Waals surface area contributed by atoms with E-state index in [4.69, 9.17) is 5.11 Å². The van der Waals surface area contributed by atoms with Gasteiger partial charge in [0.15, 0.2) is 5.16 Å². The van der Waals surface area contributed by atoms with Crippen molar-refractivity contribution in [2.45, 2.75) is 37.4 Å². The molecule has 6 nitrogen and oxygen atoms in total. The molecule has 1 N–H and O–H groups in total. The molecule has 100 valence electrons. The summed E-state index contributed by atoms with van der Waals surface area (Å²) in [7, 11) is 1.89. The van der Waals surface area contributed by atoms with Gasteiger partial charge in [-0.2, -0.15) is 0 Å². The number of nitrogens with zero attached hydrogens (tertiary/aromatic N) is 4. The maximum absolute atomic E-state index is 10.6. The van der Waals surface area contributed by atoms with Gasteiger partial charge < -0.3 is 10.0 Å². The Balaban J connectivity index is 2.10. The van der Waals surface area contributed by atoms with E-state index in [1.807, 2.05) is 11.6 Å². The molecular formula is C11H18N4O2S. The number of hydrogen-bond donors (Lipinski definition) is 1. The molecule has 1 heterocycles. The normalized spacial score (nSPS) is 14.8. The Bertz CT molecular complexity index is 431. The second-order valence-electron chi connectivity index (χ2n) is 4.45. The van der Waals surface area contributed by atoms with Gasteiger partial charge >= 0.3 is 5.97 Å². The lowest BCUT2D eigenvalue weighted by atomic mass is 10.4. The van der Waals surface area contributed by atoms with Crippen molar-refractivity contribution in [3.8, 4) is 0 Å². The van der Waals surface area contributed by atoms with Gasteiger partial charge in [0, 0.05) is 19.6 Å². The molecule has 0 bridgehead atoms. The Hall–Kier alpha value is -1.24. The average molecular weight is 270 g/mol. The number of carboxylic acids is 1. The zero-order chi connectivity index (χ0) is 13.1. The van der Waals surface area contributed by atoms with E-state index >= 15 is 0 Å². The van der Waals surface area contributed by atoms with Gasteiger partial charge in [-0.15, -0.1) is 10.2 Å². The fourth-order valence-corrected chi connectivity index (χ4v) is 2.51. The van der Waals surface area contributed by atoms with Crippen molar-refractivity contribution >= 4 is 23.7 Å². The summed E-state index contributed by atoms with van der Waals surface area (Å²) in [6.45, 7) is 3.12. The molecule has 1 fully saturated rings. The van der Waals surface area contributed by atoms with Gasteiger partial charge in [0.2, 0.25) is 5.95 Å². The minimum Gasteiger partial charge on any atom is -0.481 e. The Morgan fingerprint density at radius 2 is 2.28 bits per heavy atom. The number of hydrogen-bond acceptors (Lipinski definition) is 5. The molecule has 1 aromatic rings. The Morgan fingerprint density at radius 3 is 2.83 bits per heavy atom. The summed E-state index contributed by atoms with van der Waals surface area (Å²) >= 11 is 1.21. The van der Waals surface area contributed by atoms with Gasteiger partial charge in [0.05, 0.1) is 5.75 Å². The van der Waals surface area contributed by atoms with Gasteiger partial charge in [0.25, 0.3) is 0 Å². The van der Waals surface area contributed by atoms with Gasteiger partial charge in [-0.1, -0.05) is 18.7 Å². The van der Waals surface area contributed by atoms with Crippen LogP contribution >= 0.6 is 11.8 Å². The third-order valence-corrected chi connectivity index (χ3v) is 3.85. The minimum absolute atomic E-state index is 0.0170. The number of aliphatic carboxylic acids is 1. The van der Waals surface area contributed by atoms with Crippen LogP contribution < -0.4 is 4.90 Å². The van der Waals surface area contributed by atoms with Gasteiger partial charge in [-0.25, -0.2) is 0 Å². The maximum Gasteiger partial charge on any atom is 0.313 e. The SMILES string of the molecule is CCCN(c1nnc(SCC(=O)O)n1C)C1CC1. The predicted molar refractivity (Wildman–Crippen MR) is 70.0 cm³/mol. The molecular weight excluding hydrogens is 252 g/mol. The monoisotopic (exact) mass is 270 g/mol. The maximum atomic E-state index is 10.6. The van der Waals surface area contributed by atoms with E-state index in [0.29, 0.717) is 11.2 Å². The van der Waals surface area contributed by atoms with E-state index in [0.717, 1.165) is 18.9 Å². The van der Waals surface area contributed by atoms with Crippen LogP contribution in [0.4, 0.5) is 5.95 Å². The lowest BCUT2D eigenvalue weighted by Crippen LogP contribution is -2.29. The zero-order valence-corrected chi connectivity index (χ0v) is 11.5. The Kier molecular flexibility index (Phi) is 4.11. The summed E-state index contributed by atoms with van der Waals surface area (Å²) in [4.78, 5) is 12.8. The van der Waals surface area contributed by atoms with Crippen LogP contribution in [-0.2, 0) is 11.8 Å². The standard InChI is InChI=1S/C11H18N4O2S/c1-3-6-15(8-4-5-8)10-12-13-11(14(10)2)18-7-9(16)17/h8H,3-7H2,1-2H3,(H,16,17). The van der Waals surface area contributed by atoms with Crippen molar-refractivity contribution in [3.05, 3.63) is 0 Å². The summed E-state index contributed by atoms with van der Waals surface area (Å²) in [5, 5.41) is 17.6. The molecule has 0 spiro atoms. The quantitative estimate of drug-likeness (QED) is 0.755. The third kappa shape index (κ3) is 2.95. The van der Waals surface area contributed by atoms with E-state index < -0.39 is 5.97 Å². The van der Waals surface area contributed by atoms with E-state index in [1.165, 1.54) is 24.6 Å². The molecule has 0 atom stereocenters. The molecule has 18 heavy (non-hydrogen) atoms. The second-order valence-corrected chi connectivity index (χ2v) is 5.39. The van der Waals surface area contributed by atoms with E-state index in [2.05, 4.69) is 22.0 Å². The van der Waals surface area contributed by atoms with Crippen LogP contribution in [0.1, 0.15) is 26.2 Å².